The smallest absolute Gasteiger partial charge is 0.129 e. The molecule has 1 aliphatic heterocycles. The molecule has 0 fully saturated rings. The van der Waals surface area contributed by atoms with Gasteiger partial charge in [0.15, 0.2) is 0 Å². The molecule has 2 nitrogen and oxygen atoms in total. The van der Waals surface area contributed by atoms with Gasteiger partial charge in [0.2, 0.25) is 0 Å². The molecule has 0 atom stereocenters. The van der Waals surface area contributed by atoms with Crippen LogP contribution in [0.4, 0.5) is 5.69 Å². The number of aromatic nitrogens is 1. The van der Waals surface area contributed by atoms with Crippen LogP contribution in [0, 0.1) is 0 Å². The molecule has 2 rings (SSSR count). The van der Waals surface area contributed by atoms with Crippen LogP contribution in [0.3, 0.4) is 0 Å². The van der Waals surface area contributed by atoms with Crippen molar-refractivity contribution in [2.45, 2.75) is 6.42 Å². The first kappa shape index (κ1) is 7.37. The average Bonchev–Trinajstić information content (AvgIpc) is 2.45. The number of nitrogens with zero attached hydrogens (tertiary/aromatic N) is 1. The van der Waals surface area contributed by atoms with Gasteiger partial charge in [-0.1, -0.05) is 11.6 Å². The summed E-state index contributed by atoms with van der Waals surface area (Å²) in [7, 11) is 0. The Bertz CT molecular complexity index is 272. The minimum Gasteiger partial charge on any atom is -0.382 e. The molecule has 0 spiro atoms. The van der Waals surface area contributed by atoms with E-state index >= 15 is 0 Å². The van der Waals surface area contributed by atoms with Crippen molar-refractivity contribution in [3.63, 3.8) is 0 Å². The van der Waals surface area contributed by atoms with E-state index in [4.69, 9.17) is 11.6 Å². The van der Waals surface area contributed by atoms with E-state index in [1.54, 1.807) is 6.20 Å². The Balaban J connectivity index is 2.64. The molecule has 0 saturated carbocycles. The lowest BCUT2D eigenvalue weighted by Gasteiger charge is -2.02. The van der Waals surface area contributed by atoms with Gasteiger partial charge in [-0.3, -0.25) is 0 Å². The number of fused-ring (bicyclic) bond motifs is 1. The molecule has 0 aliphatic carbocycles. The van der Waals surface area contributed by atoms with E-state index in [9.17, 15) is 0 Å². The van der Waals surface area contributed by atoms with Gasteiger partial charge in [0, 0.05) is 12.7 Å². The first-order valence-corrected chi connectivity index (χ1v) is 4.53. The van der Waals surface area contributed by atoms with Crippen LogP contribution in [-0.4, -0.2) is 11.5 Å². The molecule has 1 aromatic rings. The average molecular weight is 233 g/mol. The standard InChI is InChI=1S/C7H6BrClN2/c8-7-6-4(1-2-10-6)5(9)3-11-7/h3,10H,1-2H2. The molecule has 0 aromatic carbocycles. The van der Waals surface area contributed by atoms with Crippen LogP contribution in [0.5, 0.6) is 0 Å². The normalized spacial score (nSPS) is 14.4. The maximum absolute atomic E-state index is 5.92. The zero-order valence-electron chi connectivity index (χ0n) is 5.69. The molecule has 0 unspecified atom stereocenters. The van der Waals surface area contributed by atoms with Gasteiger partial charge in [-0.05, 0) is 27.9 Å². The van der Waals surface area contributed by atoms with E-state index < -0.39 is 0 Å². The fourth-order valence-corrected chi connectivity index (χ4v) is 1.96. The van der Waals surface area contributed by atoms with Crippen LogP contribution in [-0.2, 0) is 6.42 Å². The molecule has 1 N–H and O–H groups in total. The van der Waals surface area contributed by atoms with E-state index in [1.807, 2.05) is 0 Å². The van der Waals surface area contributed by atoms with E-state index in [0.29, 0.717) is 0 Å². The summed E-state index contributed by atoms with van der Waals surface area (Å²) < 4.78 is 0.856. The summed E-state index contributed by atoms with van der Waals surface area (Å²) in [6.07, 6.45) is 2.67. The summed E-state index contributed by atoms with van der Waals surface area (Å²) in [5.41, 5.74) is 2.23. The highest BCUT2D eigenvalue weighted by molar-refractivity contribution is 9.10. The minimum atomic E-state index is 0.758. The maximum Gasteiger partial charge on any atom is 0.129 e. The minimum absolute atomic E-state index is 0.758. The number of hydrogen-bond acceptors (Lipinski definition) is 2. The highest BCUT2D eigenvalue weighted by Crippen LogP contribution is 2.33. The van der Waals surface area contributed by atoms with Crippen molar-refractivity contribution in [3.05, 3.63) is 21.4 Å². The molecule has 0 amide bonds. The highest BCUT2D eigenvalue weighted by atomic mass is 79.9. The lowest BCUT2D eigenvalue weighted by molar-refractivity contribution is 1.10. The van der Waals surface area contributed by atoms with E-state index in [0.717, 1.165) is 28.3 Å². The summed E-state index contributed by atoms with van der Waals surface area (Å²) in [4.78, 5) is 4.07. The molecule has 11 heavy (non-hydrogen) atoms. The largest absolute Gasteiger partial charge is 0.382 e. The molecule has 2 heterocycles. The molecule has 1 aliphatic rings. The van der Waals surface area contributed by atoms with Crippen LogP contribution >= 0.6 is 27.5 Å². The Morgan fingerprint density at radius 1 is 1.64 bits per heavy atom. The van der Waals surface area contributed by atoms with Gasteiger partial charge in [0.1, 0.15) is 4.60 Å². The zero-order chi connectivity index (χ0) is 7.84. The fourth-order valence-electron chi connectivity index (χ4n) is 1.24. The van der Waals surface area contributed by atoms with Gasteiger partial charge in [-0.2, -0.15) is 0 Å². The third-order valence-electron chi connectivity index (χ3n) is 1.76. The highest BCUT2D eigenvalue weighted by Gasteiger charge is 2.16. The van der Waals surface area contributed by atoms with Gasteiger partial charge in [0.05, 0.1) is 10.7 Å². The Hall–Kier alpha value is -0.280. The number of nitrogens with one attached hydrogen (secondary N) is 1. The third kappa shape index (κ3) is 1.12. The first-order chi connectivity index (χ1) is 5.29. The van der Waals surface area contributed by atoms with E-state index in [2.05, 4.69) is 26.2 Å². The molecular formula is C7H6BrClN2. The summed E-state index contributed by atoms with van der Waals surface area (Å²) in [6.45, 7) is 0.958. The molecule has 0 saturated heterocycles. The van der Waals surface area contributed by atoms with E-state index in [1.165, 1.54) is 5.56 Å². The Morgan fingerprint density at radius 3 is 3.18 bits per heavy atom. The first-order valence-electron chi connectivity index (χ1n) is 3.36. The fraction of sp³-hybridized carbons (Fsp3) is 0.286. The zero-order valence-corrected chi connectivity index (χ0v) is 8.04. The summed E-state index contributed by atoms with van der Waals surface area (Å²) in [5, 5.41) is 3.97. The molecular weight excluding hydrogens is 227 g/mol. The van der Waals surface area contributed by atoms with Gasteiger partial charge < -0.3 is 5.32 Å². The molecule has 1 aromatic heterocycles. The Morgan fingerprint density at radius 2 is 2.45 bits per heavy atom. The maximum atomic E-state index is 5.92. The van der Waals surface area contributed by atoms with Crippen LogP contribution in [0.25, 0.3) is 0 Å². The molecule has 58 valence electrons. The van der Waals surface area contributed by atoms with E-state index in [-0.39, 0.29) is 0 Å². The van der Waals surface area contributed by atoms with Crippen molar-refractivity contribution in [2.75, 3.05) is 11.9 Å². The van der Waals surface area contributed by atoms with Crippen LogP contribution < -0.4 is 5.32 Å². The van der Waals surface area contributed by atoms with Crippen molar-refractivity contribution < 1.29 is 0 Å². The molecule has 0 bridgehead atoms. The quantitative estimate of drug-likeness (QED) is 0.696. The number of halogens is 2. The predicted molar refractivity (Wildman–Crippen MR) is 49.1 cm³/mol. The second kappa shape index (κ2) is 2.64. The lowest BCUT2D eigenvalue weighted by atomic mass is 10.2. The van der Waals surface area contributed by atoms with Gasteiger partial charge in [0.25, 0.3) is 0 Å². The summed E-state index contributed by atoms with van der Waals surface area (Å²) >= 11 is 9.27. The van der Waals surface area contributed by atoms with Crippen LogP contribution in [0.1, 0.15) is 5.56 Å². The lowest BCUT2D eigenvalue weighted by Crippen LogP contribution is -1.92. The summed E-state index contributed by atoms with van der Waals surface area (Å²) in [6, 6.07) is 0. The number of anilines is 1. The van der Waals surface area contributed by atoms with Gasteiger partial charge in [-0.15, -0.1) is 0 Å². The third-order valence-corrected chi connectivity index (χ3v) is 2.69. The molecule has 4 heteroatoms. The van der Waals surface area contributed by atoms with Gasteiger partial charge >= 0.3 is 0 Å². The van der Waals surface area contributed by atoms with Crippen molar-refractivity contribution in [1.29, 1.82) is 0 Å². The predicted octanol–water partition coefficient (Wildman–Crippen LogP) is 2.47. The SMILES string of the molecule is Clc1cnc(Br)c2c1CCN2. The van der Waals surface area contributed by atoms with Crippen LogP contribution in [0.2, 0.25) is 5.02 Å². The second-order valence-corrected chi connectivity index (χ2v) is 3.59. The van der Waals surface area contributed by atoms with Crippen molar-refractivity contribution in [1.82, 2.24) is 4.98 Å². The monoisotopic (exact) mass is 232 g/mol. The molecule has 0 radical (unpaired) electrons. The Labute approximate surface area is 78.1 Å². The number of rotatable bonds is 0. The van der Waals surface area contributed by atoms with Crippen molar-refractivity contribution in [3.8, 4) is 0 Å². The topological polar surface area (TPSA) is 24.9 Å². The number of hydrogen-bond donors (Lipinski definition) is 1. The second-order valence-electron chi connectivity index (χ2n) is 2.43. The van der Waals surface area contributed by atoms with Gasteiger partial charge in [-0.25, -0.2) is 4.98 Å². The van der Waals surface area contributed by atoms with Crippen molar-refractivity contribution >= 4 is 33.2 Å². The Kier molecular flexibility index (Phi) is 1.77. The van der Waals surface area contributed by atoms with Crippen LogP contribution in [0.15, 0.2) is 10.8 Å². The van der Waals surface area contributed by atoms with Crippen molar-refractivity contribution in [2.24, 2.45) is 0 Å². The summed E-state index contributed by atoms with van der Waals surface area (Å²) in [5.74, 6) is 0. The number of pyridine rings is 1.